The fraction of sp³-hybridized carbons (Fsp3) is 0.133. The molecule has 0 saturated carbocycles. The molecule has 2 aromatic carbocycles. The number of anilines is 1. The van der Waals surface area contributed by atoms with Crippen molar-refractivity contribution in [3.63, 3.8) is 0 Å². The Morgan fingerprint density at radius 3 is 2.48 bits per heavy atom. The van der Waals surface area contributed by atoms with Gasteiger partial charge < -0.3 is 10.1 Å². The van der Waals surface area contributed by atoms with Crippen LogP contribution in [0, 0.1) is 0 Å². The van der Waals surface area contributed by atoms with E-state index in [1.807, 2.05) is 0 Å². The van der Waals surface area contributed by atoms with Crippen molar-refractivity contribution in [2.75, 3.05) is 18.7 Å². The van der Waals surface area contributed by atoms with Crippen LogP contribution < -0.4 is 10.1 Å². The Labute approximate surface area is 123 Å². The summed E-state index contributed by atoms with van der Waals surface area (Å²) in [7, 11) is -1.83. The first kappa shape index (κ1) is 15.1. The van der Waals surface area contributed by atoms with Crippen molar-refractivity contribution in [3.05, 3.63) is 54.1 Å². The Balaban J connectivity index is 2.28. The van der Waals surface area contributed by atoms with E-state index in [0.717, 1.165) is 6.26 Å². The number of ether oxygens (including phenoxy) is 1. The van der Waals surface area contributed by atoms with Crippen LogP contribution in [0.5, 0.6) is 5.75 Å². The molecule has 0 unspecified atom stereocenters. The van der Waals surface area contributed by atoms with E-state index in [9.17, 15) is 13.2 Å². The van der Waals surface area contributed by atoms with Crippen molar-refractivity contribution in [1.29, 1.82) is 0 Å². The highest BCUT2D eigenvalue weighted by molar-refractivity contribution is 7.90. The maximum absolute atomic E-state index is 12.2. The molecular formula is C15H15NO4S. The molecule has 0 heterocycles. The molecule has 0 saturated heterocycles. The molecule has 0 aliphatic heterocycles. The molecule has 0 radical (unpaired) electrons. The molecule has 0 fully saturated rings. The highest BCUT2D eigenvalue weighted by Gasteiger charge is 2.13. The van der Waals surface area contributed by atoms with Crippen LogP contribution in [0.4, 0.5) is 5.69 Å². The van der Waals surface area contributed by atoms with Crippen molar-refractivity contribution < 1.29 is 17.9 Å². The zero-order chi connectivity index (χ0) is 15.5. The minimum atomic E-state index is -3.31. The lowest BCUT2D eigenvalue weighted by Crippen LogP contribution is -2.13. The molecule has 1 amide bonds. The van der Waals surface area contributed by atoms with Gasteiger partial charge in [-0.3, -0.25) is 4.79 Å². The van der Waals surface area contributed by atoms with Gasteiger partial charge in [0.25, 0.3) is 5.91 Å². The van der Waals surface area contributed by atoms with E-state index in [-0.39, 0.29) is 10.8 Å². The highest BCUT2D eigenvalue weighted by atomic mass is 32.2. The molecule has 21 heavy (non-hydrogen) atoms. The van der Waals surface area contributed by atoms with Gasteiger partial charge in [-0.25, -0.2) is 8.42 Å². The van der Waals surface area contributed by atoms with Crippen molar-refractivity contribution in [2.24, 2.45) is 0 Å². The molecule has 2 aromatic rings. The van der Waals surface area contributed by atoms with E-state index >= 15 is 0 Å². The summed E-state index contributed by atoms with van der Waals surface area (Å²) in [6, 6.07) is 12.9. The molecule has 5 nitrogen and oxygen atoms in total. The fourth-order valence-electron chi connectivity index (χ4n) is 1.84. The third kappa shape index (κ3) is 3.61. The van der Waals surface area contributed by atoms with Crippen LogP contribution in [0.1, 0.15) is 10.4 Å². The fourth-order valence-corrected chi connectivity index (χ4v) is 2.50. The van der Waals surface area contributed by atoms with Crippen LogP contribution in [-0.2, 0) is 9.84 Å². The van der Waals surface area contributed by atoms with Crippen molar-refractivity contribution in [3.8, 4) is 5.75 Å². The molecule has 2 rings (SSSR count). The largest absolute Gasteiger partial charge is 0.496 e. The quantitative estimate of drug-likeness (QED) is 0.941. The van der Waals surface area contributed by atoms with E-state index in [4.69, 9.17) is 4.74 Å². The summed E-state index contributed by atoms with van der Waals surface area (Å²) < 4.78 is 28.1. The maximum Gasteiger partial charge on any atom is 0.259 e. The summed E-state index contributed by atoms with van der Waals surface area (Å²) >= 11 is 0. The molecule has 6 heteroatoms. The number of amides is 1. The second-order valence-electron chi connectivity index (χ2n) is 4.45. The normalized spacial score (nSPS) is 11.0. The Morgan fingerprint density at radius 1 is 1.10 bits per heavy atom. The zero-order valence-electron chi connectivity index (χ0n) is 11.7. The molecule has 0 spiro atoms. The van der Waals surface area contributed by atoms with Crippen LogP contribution in [-0.4, -0.2) is 27.7 Å². The van der Waals surface area contributed by atoms with Crippen LogP contribution in [0.3, 0.4) is 0 Å². The molecule has 0 aromatic heterocycles. The standard InChI is InChI=1S/C15H15NO4S/c1-20-14-9-4-3-8-13(14)15(17)16-11-6-5-7-12(10-11)21(2,18)19/h3-10H,1-2H3,(H,16,17). The Kier molecular flexibility index (Phi) is 4.28. The van der Waals surface area contributed by atoms with Crippen LogP contribution in [0.25, 0.3) is 0 Å². The van der Waals surface area contributed by atoms with E-state index in [1.165, 1.54) is 19.2 Å². The Bertz CT molecular complexity index is 769. The van der Waals surface area contributed by atoms with Gasteiger partial charge in [0.1, 0.15) is 5.75 Å². The van der Waals surface area contributed by atoms with Crippen molar-refractivity contribution in [1.82, 2.24) is 0 Å². The number of benzene rings is 2. The lowest BCUT2D eigenvalue weighted by Gasteiger charge is -2.09. The molecular weight excluding hydrogens is 290 g/mol. The predicted octanol–water partition coefficient (Wildman–Crippen LogP) is 2.35. The summed E-state index contributed by atoms with van der Waals surface area (Å²) in [5.74, 6) is 0.0902. The average molecular weight is 305 g/mol. The number of carbonyl (C=O) groups excluding carboxylic acids is 1. The molecule has 0 aliphatic carbocycles. The van der Waals surface area contributed by atoms with Gasteiger partial charge in [0.2, 0.25) is 0 Å². The van der Waals surface area contributed by atoms with Crippen LogP contribution in [0.15, 0.2) is 53.4 Å². The average Bonchev–Trinajstić information content (AvgIpc) is 2.46. The maximum atomic E-state index is 12.2. The summed E-state index contributed by atoms with van der Waals surface area (Å²) in [4.78, 5) is 12.4. The van der Waals surface area contributed by atoms with Gasteiger partial charge in [0.05, 0.1) is 17.6 Å². The van der Waals surface area contributed by atoms with Crippen molar-refractivity contribution in [2.45, 2.75) is 4.90 Å². The topological polar surface area (TPSA) is 72.5 Å². The monoisotopic (exact) mass is 305 g/mol. The molecule has 0 bridgehead atoms. The number of hydrogen-bond acceptors (Lipinski definition) is 4. The summed E-state index contributed by atoms with van der Waals surface area (Å²) in [6.07, 6.45) is 1.12. The van der Waals surface area contributed by atoms with E-state index < -0.39 is 9.84 Å². The minimum Gasteiger partial charge on any atom is -0.496 e. The number of rotatable bonds is 4. The van der Waals surface area contributed by atoms with E-state index in [1.54, 1.807) is 36.4 Å². The van der Waals surface area contributed by atoms with Crippen LogP contribution >= 0.6 is 0 Å². The van der Waals surface area contributed by atoms with Gasteiger partial charge in [-0.1, -0.05) is 18.2 Å². The number of para-hydroxylation sites is 1. The first-order chi connectivity index (χ1) is 9.91. The van der Waals surface area contributed by atoms with Gasteiger partial charge in [-0.05, 0) is 30.3 Å². The number of sulfone groups is 1. The number of methoxy groups -OCH3 is 1. The van der Waals surface area contributed by atoms with Gasteiger partial charge in [0.15, 0.2) is 9.84 Å². The smallest absolute Gasteiger partial charge is 0.259 e. The predicted molar refractivity (Wildman–Crippen MR) is 80.5 cm³/mol. The zero-order valence-corrected chi connectivity index (χ0v) is 12.5. The third-order valence-corrected chi connectivity index (χ3v) is 3.98. The first-order valence-corrected chi connectivity index (χ1v) is 8.05. The molecule has 1 N–H and O–H groups in total. The van der Waals surface area contributed by atoms with E-state index in [0.29, 0.717) is 17.0 Å². The highest BCUT2D eigenvalue weighted by Crippen LogP contribution is 2.20. The lowest BCUT2D eigenvalue weighted by molar-refractivity contribution is 0.102. The second-order valence-corrected chi connectivity index (χ2v) is 6.47. The van der Waals surface area contributed by atoms with Gasteiger partial charge in [0, 0.05) is 11.9 Å². The van der Waals surface area contributed by atoms with Gasteiger partial charge >= 0.3 is 0 Å². The molecule has 110 valence electrons. The second kappa shape index (κ2) is 5.97. The minimum absolute atomic E-state index is 0.153. The molecule has 0 atom stereocenters. The molecule has 0 aliphatic rings. The third-order valence-electron chi connectivity index (χ3n) is 2.87. The Morgan fingerprint density at radius 2 is 1.81 bits per heavy atom. The SMILES string of the molecule is COc1ccccc1C(=O)Nc1cccc(S(C)(=O)=O)c1. The first-order valence-electron chi connectivity index (χ1n) is 6.16. The summed E-state index contributed by atoms with van der Waals surface area (Å²) in [5.41, 5.74) is 0.790. The lowest BCUT2D eigenvalue weighted by atomic mass is 10.2. The van der Waals surface area contributed by atoms with Crippen molar-refractivity contribution >= 4 is 21.4 Å². The summed E-state index contributed by atoms with van der Waals surface area (Å²) in [5, 5.41) is 2.66. The number of carbonyl (C=O) groups is 1. The van der Waals surface area contributed by atoms with Gasteiger partial charge in [-0.15, -0.1) is 0 Å². The Hall–Kier alpha value is -2.34. The number of hydrogen-bond donors (Lipinski definition) is 1. The number of nitrogens with one attached hydrogen (secondary N) is 1. The summed E-state index contributed by atoms with van der Waals surface area (Å²) in [6.45, 7) is 0. The van der Waals surface area contributed by atoms with E-state index in [2.05, 4.69) is 5.32 Å². The van der Waals surface area contributed by atoms with Crippen LogP contribution in [0.2, 0.25) is 0 Å². The van der Waals surface area contributed by atoms with Gasteiger partial charge in [-0.2, -0.15) is 0 Å².